The highest BCUT2D eigenvalue weighted by Gasteiger charge is 2.31. The summed E-state index contributed by atoms with van der Waals surface area (Å²) in [6, 6.07) is 85.7. The predicted molar refractivity (Wildman–Crippen MR) is 438 cm³/mol. The van der Waals surface area contributed by atoms with Crippen molar-refractivity contribution in [2.75, 3.05) is 26.4 Å². The minimum atomic E-state index is -0.292. The first kappa shape index (κ1) is 74.2. The second kappa shape index (κ2) is 31.1. The Morgan fingerprint density at radius 1 is 0.302 bits per heavy atom. The Labute approximate surface area is 629 Å². The zero-order chi connectivity index (χ0) is 74.7. The SMILES string of the molecule is C[C@@H](N[C@H](c1ccccc1)c1c(OCCOc2c3cc(C(C)(C)C)cc2Cc2cc(C(C)(C)C)cc(c2O)Cc2cc(C(C)(C)C)cc(c2OCCOc2ccc4ccccc4c2[C@H](N[C@H](C)c2ccccc2)c2ccccc2)Cc2cc(C(C)(C)C)cc(c2O)C3)ccc2ccccc12)c1ccccc1. The predicted octanol–water partition coefficient (Wildman–Crippen LogP) is 23.1. The Bertz CT molecular complexity index is 4640. The first-order valence-corrected chi connectivity index (χ1v) is 38.0. The van der Waals surface area contributed by atoms with Gasteiger partial charge in [-0.25, -0.2) is 0 Å². The molecule has 0 fully saturated rings. The monoisotopic (exact) mass is 1410 g/mol. The van der Waals surface area contributed by atoms with E-state index in [1.54, 1.807) is 0 Å². The Balaban J connectivity index is 0.900. The summed E-state index contributed by atoms with van der Waals surface area (Å²) in [6.07, 6.45) is 1.46. The number of ether oxygens (including phenoxy) is 4. The van der Waals surface area contributed by atoms with Gasteiger partial charge in [-0.15, -0.1) is 0 Å². The molecular formula is C98H106N2O6. The minimum absolute atomic E-state index is 0.0150. The molecule has 544 valence electrons. The third kappa shape index (κ3) is 16.8. The van der Waals surface area contributed by atoms with Crippen LogP contribution in [0.1, 0.15) is 221 Å². The number of nitrogens with one attached hydrogen (secondary N) is 2. The van der Waals surface area contributed by atoms with Crippen LogP contribution in [0.5, 0.6) is 34.5 Å². The summed E-state index contributed by atoms with van der Waals surface area (Å²) in [5.74, 6) is 3.46. The van der Waals surface area contributed by atoms with Crippen molar-refractivity contribution in [1.29, 1.82) is 0 Å². The largest absolute Gasteiger partial charge is 0.507 e. The second-order valence-electron chi connectivity index (χ2n) is 33.3. The normalized spacial score (nSPS) is 13.9. The molecule has 1 aliphatic carbocycles. The van der Waals surface area contributed by atoms with Crippen LogP contribution in [-0.4, -0.2) is 36.6 Å². The third-order valence-electron chi connectivity index (χ3n) is 21.3. The number of hydrogen-bond donors (Lipinski definition) is 4. The molecule has 1 aliphatic rings. The van der Waals surface area contributed by atoms with Gasteiger partial charge >= 0.3 is 0 Å². The van der Waals surface area contributed by atoms with E-state index in [-0.39, 0.29) is 83.8 Å². The molecule has 0 amide bonds. The van der Waals surface area contributed by atoms with Gasteiger partial charge in [0.25, 0.3) is 0 Å². The van der Waals surface area contributed by atoms with Gasteiger partial charge < -0.3 is 29.2 Å². The average Bonchev–Trinajstić information content (AvgIpc) is 0.776. The number of benzene rings is 12. The molecule has 0 saturated carbocycles. The number of phenols is 2. The van der Waals surface area contributed by atoms with Gasteiger partial charge in [0.05, 0.1) is 12.1 Å². The molecule has 0 aliphatic heterocycles. The molecule has 0 saturated heterocycles. The van der Waals surface area contributed by atoms with Crippen molar-refractivity contribution in [3.05, 3.63) is 343 Å². The molecule has 0 aromatic heterocycles. The second-order valence-corrected chi connectivity index (χ2v) is 33.3. The van der Waals surface area contributed by atoms with Crippen LogP contribution in [0.3, 0.4) is 0 Å². The van der Waals surface area contributed by atoms with Gasteiger partial charge in [-0.2, -0.15) is 0 Å². The summed E-state index contributed by atoms with van der Waals surface area (Å²) >= 11 is 0. The molecule has 0 unspecified atom stereocenters. The summed E-state index contributed by atoms with van der Waals surface area (Å²) in [6.45, 7) is 32.3. The van der Waals surface area contributed by atoms with Crippen molar-refractivity contribution in [3.63, 3.8) is 0 Å². The molecule has 12 aromatic carbocycles. The summed E-state index contributed by atoms with van der Waals surface area (Å²) in [5, 5.41) is 39.2. The van der Waals surface area contributed by atoms with Crippen LogP contribution in [0.15, 0.2) is 243 Å². The van der Waals surface area contributed by atoms with Crippen molar-refractivity contribution < 1.29 is 29.2 Å². The van der Waals surface area contributed by atoms with E-state index in [2.05, 4.69) is 350 Å². The average molecular weight is 1410 g/mol. The summed E-state index contributed by atoms with van der Waals surface area (Å²) < 4.78 is 28.9. The maximum absolute atomic E-state index is 13.3. The number of aromatic hydroxyl groups is 2. The number of rotatable bonds is 20. The van der Waals surface area contributed by atoms with Crippen LogP contribution in [0.25, 0.3) is 21.5 Å². The van der Waals surface area contributed by atoms with Gasteiger partial charge in [0, 0.05) is 48.9 Å². The van der Waals surface area contributed by atoms with Crippen LogP contribution in [0.2, 0.25) is 0 Å². The molecule has 106 heavy (non-hydrogen) atoms. The molecule has 12 aromatic rings. The van der Waals surface area contributed by atoms with Crippen LogP contribution in [0, 0.1) is 0 Å². The van der Waals surface area contributed by atoms with E-state index in [0.29, 0.717) is 25.7 Å². The van der Waals surface area contributed by atoms with Gasteiger partial charge in [-0.3, -0.25) is 10.6 Å². The molecule has 0 spiro atoms. The molecule has 13 rings (SSSR count). The van der Waals surface area contributed by atoms with Gasteiger partial charge in [-0.1, -0.05) is 314 Å². The van der Waals surface area contributed by atoms with Crippen molar-refractivity contribution >= 4 is 21.5 Å². The van der Waals surface area contributed by atoms with E-state index in [9.17, 15) is 10.2 Å². The molecule has 4 N–H and O–H groups in total. The van der Waals surface area contributed by atoms with Crippen LogP contribution in [0.4, 0.5) is 0 Å². The van der Waals surface area contributed by atoms with E-state index in [1.807, 2.05) is 0 Å². The maximum atomic E-state index is 13.3. The summed E-state index contributed by atoms with van der Waals surface area (Å²) in [4.78, 5) is 0. The Morgan fingerprint density at radius 3 is 0.849 bits per heavy atom. The number of fused-ring (bicyclic) bond motifs is 10. The lowest BCUT2D eigenvalue weighted by Crippen LogP contribution is -2.26. The fraction of sp³-hybridized carbons (Fsp3) is 0.306. The molecule has 4 atom stereocenters. The lowest BCUT2D eigenvalue weighted by atomic mass is 9.79. The summed E-state index contributed by atoms with van der Waals surface area (Å²) in [5.41, 5.74) is 17.0. The van der Waals surface area contributed by atoms with Gasteiger partial charge in [0.1, 0.15) is 60.9 Å². The van der Waals surface area contributed by atoms with Crippen molar-refractivity contribution in [3.8, 4) is 34.5 Å². The standard InChI is InChI=1S/C98H106N2O6/c1-63(65-31-19-15-20-32-65)99-89(69-37-23-17-24-38-69)87-83-41-29-27-35-67(83)43-45-85(87)103-47-49-105-93-75-51-71-55-79(95(3,4)5)57-73(91(71)101)53-77-61-82(98(12,13)14)62-78(54-74-58-80(96(6,7)8)56-72(92(74)102)52-76(93)60-81(59-75)97(9,10)11)94(77)106-50-48-104-86-46-44-68-36-28-30-42-84(68)88(86)90(70-39-25-18-26-40-70)100-64(2)66-33-21-16-22-34-66/h15-46,55-64,89-90,99-102H,47-54H2,1-14H3/t63-,64-,89-,90-/m1/s1. The van der Waals surface area contributed by atoms with Crippen LogP contribution in [-0.2, 0) is 47.3 Å². The maximum Gasteiger partial charge on any atom is 0.126 e. The zero-order valence-electron chi connectivity index (χ0n) is 64.6. The fourth-order valence-corrected chi connectivity index (χ4v) is 15.2. The summed E-state index contributed by atoms with van der Waals surface area (Å²) in [7, 11) is 0. The Morgan fingerprint density at radius 2 is 0.557 bits per heavy atom. The lowest BCUT2D eigenvalue weighted by Gasteiger charge is -2.29. The van der Waals surface area contributed by atoms with Crippen molar-refractivity contribution in [2.45, 2.75) is 168 Å². The van der Waals surface area contributed by atoms with E-state index in [0.717, 1.165) is 134 Å². The molecule has 8 heteroatoms. The molecule has 8 bridgehead atoms. The van der Waals surface area contributed by atoms with E-state index in [1.165, 1.54) is 11.1 Å². The van der Waals surface area contributed by atoms with Crippen LogP contribution < -0.4 is 29.6 Å². The minimum Gasteiger partial charge on any atom is -0.507 e. The first-order valence-electron chi connectivity index (χ1n) is 38.0. The van der Waals surface area contributed by atoms with E-state index >= 15 is 0 Å². The first-order chi connectivity index (χ1) is 50.7. The fourth-order valence-electron chi connectivity index (χ4n) is 15.2. The number of phenolic OH excluding ortho intramolecular Hbond substituents is 2. The highest BCUT2D eigenvalue weighted by molar-refractivity contribution is 5.90. The van der Waals surface area contributed by atoms with Crippen LogP contribution >= 0.6 is 0 Å². The highest BCUT2D eigenvalue weighted by atomic mass is 16.5. The lowest BCUT2D eigenvalue weighted by molar-refractivity contribution is 0.213. The molecule has 8 nitrogen and oxygen atoms in total. The third-order valence-corrected chi connectivity index (χ3v) is 21.3. The highest BCUT2D eigenvalue weighted by Crippen LogP contribution is 2.46. The molecule has 0 radical (unpaired) electrons. The van der Waals surface area contributed by atoms with E-state index in [4.69, 9.17) is 18.9 Å². The zero-order valence-corrected chi connectivity index (χ0v) is 64.6. The number of hydrogen-bond acceptors (Lipinski definition) is 8. The topological polar surface area (TPSA) is 101 Å². The van der Waals surface area contributed by atoms with E-state index < -0.39 is 0 Å². The molecule has 0 heterocycles. The van der Waals surface area contributed by atoms with Crippen molar-refractivity contribution in [1.82, 2.24) is 10.6 Å². The Kier molecular flexibility index (Phi) is 21.8. The van der Waals surface area contributed by atoms with Crippen molar-refractivity contribution in [2.24, 2.45) is 0 Å². The van der Waals surface area contributed by atoms with Gasteiger partial charge in [0.2, 0.25) is 0 Å². The molecular weight excluding hydrogens is 1300 g/mol. The smallest absolute Gasteiger partial charge is 0.126 e. The van der Waals surface area contributed by atoms with Gasteiger partial charge in [-0.05, 0) is 158 Å². The van der Waals surface area contributed by atoms with Gasteiger partial charge in [0.15, 0.2) is 0 Å². The quantitative estimate of drug-likeness (QED) is 0.0560. The Hall–Kier alpha value is -10.1.